The van der Waals surface area contributed by atoms with Gasteiger partial charge in [0.25, 0.3) is 5.91 Å². The normalized spacial score (nSPS) is 11.4. The van der Waals surface area contributed by atoms with Crippen molar-refractivity contribution in [2.24, 2.45) is 0 Å². The second kappa shape index (κ2) is 6.47. The molecule has 138 valence electrons. The lowest BCUT2D eigenvalue weighted by Crippen LogP contribution is -2.15. The van der Waals surface area contributed by atoms with Gasteiger partial charge in [-0.15, -0.1) is 11.3 Å². The number of carbonyl (C=O) groups excluding carboxylic acids is 1. The van der Waals surface area contributed by atoms with Crippen LogP contribution in [0.1, 0.15) is 16.1 Å². The van der Waals surface area contributed by atoms with Gasteiger partial charge in [0.15, 0.2) is 0 Å². The minimum atomic E-state index is -0.314. The van der Waals surface area contributed by atoms with Crippen LogP contribution in [0.15, 0.2) is 48.0 Å². The van der Waals surface area contributed by atoms with Crippen LogP contribution in [0.5, 0.6) is 0 Å². The summed E-state index contributed by atoms with van der Waals surface area (Å²) in [7, 11) is 0. The molecule has 2 aromatic carbocycles. The number of fused-ring (bicyclic) bond motifs is 2. The molecule has 0 saturated carbocycles. The average Bonchev–Trinajstić information content (AvgIpc) is 3.38. The molecule has 9 heteroatoms. The van der Waals surface area contributed by atoms with E-state index in [1.807, 2.05) is 19.1 Å². The number of aryl methyl sites for hydroxylation is 1. The van der Waals surface area contributed by atoms with Gasteiger partial charge < -0.3 is 5.32 Å². The Balaban J connectivity index is 1.50. The number of hydrogen-bond donors (Lipinski definition) is 1. The Bertz CT molecular complexity index is 1350. The molecule has 3 heterocycles. The number of hydrogen-bond acceptors (Lipinski definition) is 6. The van der Waals surface area contributed by atoms with E-state index in [0.29, 0.717) is 22.0 Å². The zero-order chi connectivity index (χ0) is 19.3. The van der Waals surface area contributed by atoms with Crippen LogP contribution >= 0.6 is 22.7 Å². The van der Waals surface area contributed by atoms with E-state index < -0.39 is 0 Å². The molecule has 6 nitrogen and oxygen atoms in total. The van der Waals surface area contributed by atoms with Crippen LogP contribution in [0.25, 0.3) is 25.6 Å². The maximum atomic E-state index is 13.5. The largest absolute Gasteiger partial charge is 0.306 e. The van der Waals surface area contributed by atoms with E-state index in [0.717, 1.165) is 20.6 Å². The Morgan fingerprint density at radius 2 is 1.96 bits per heavy atom. The number of carbonyl (C=O) groups is 1. The third-order valence-corrected chi connectivity index (χ3v) is 5.97. The number of amides is 1. The lowest BCUT2D eigenvalue weighted by atomic mass is 10.2. The van der Waals surface area contributed by atoms with Crippen LogP contribution in [0.4, 0.5) is 10.2 Å². The molecule has 0 aliphatic carbocycles. The SMILES string of the molecule is Cc1cc(NC(=O)c2ccc3ncsc3c2)n(-c2nc3ccc(F)cc3s2)n1. The summed E-state index contributed by atoms with van der Waals surface area (Å²) in [5.74, 6) is -0.0543. The number of halogens is 1. The Labute approximate surface area is 166 Å². The van der Waals surface area contributed by atoms with Crippen LogP contribution < -0.4 is 5.32 Å². The van der Waals surface area contributed by atoms with E-state index >= 15 is 0 Å². The third kappa shape index (κ3) is 2.94. The predicted molar refractivity (Wildman–Crippen MR) is 109 cm³/mol. The number of nitrogens with one attached hydrogen (secondary N) is 1. The fraction of sp³-hybridized carbons (Fsp3) is 0.0526. The van der Waals surface area contributed by atoms with E-state index in [1.165, 1.54) is 34.8 Å². The second-order valence-corrected chi connectivity index (χ2v) is 8.08. The van der Waals surface area contributed by atoms with Gasteiger partial charge in [-0.2, -0.15) is 9.78 Å². The predicted octanol–water partition coefficient (Wildman–Crippen LogP) is 4.79. The highest BCUT2D eigenvalue weighted by Crippen LogP contribution is 2.28. The molecule has 5 aromatic rings. The molecule has 0 atom stereocenters. The van der Waals surface area contributed by atoms with E-state index in [-0.39, 0.29) is 11.7 Å². The maximum absolute atomic E-state index is 13.5. The van der Waals surface area contributed by atoms with Crippen molar-refractivity contribution in [1.29, 1.82) is 0 Å². The summed E-state index contributed by atoms with van der Waals surface area (Å²) in [4.78, 5) is 21.5. The topological polar surface area (TPSA) is 72.7 Å². The highest BCUT2D eigenvalue weighted by Gasteiger charge is 2.16. The molecule has 5 rings (SSSR count). The van der Waals surface area contributed by atoms with Crippen molar-refractivity contribution in [2.75, 3.05) is 5.32 Å². The molecule has 1 N–H and O–H groups in total. The Morgan fingerprint density at radius 3 is 2.86 bits per heavy atom. The Hall–Kier alpha value is -3.17. The van der Waals surface area contributed by atoms with E-state index in [4.69, 9.17) is 0 Å². The molecule has 0 unspecified atom stereocenters. The highest BCUT2D eigenvalue weighted by molar-refractivity contribution is 7.20. The summed E-state index contributed by atoms with van der Waals surface area (Å²) in [5.41, 5.74) is 4.57. The summed E-state index contributed by atoms with van der Waals surface area (Å²) in [6.45, 7) is 1.84. The molecule has 0 bridgehead atoms. The van der Waals surface area contributed by atoms with Gasteiger partial charge in [-0.1, -0.05) is 11.3 Å². The highest BCUT2D eigenvalue weighted by atomic mass is 32.1. The molecule has 0 aliphatic heterocycles. The zero-order valence-electron chi connectivity index (χ0n) is 14.5. The van der Waals surface area contributed by atoms with Gasteiger partial charge in [-0.3, -0.25) is 4.79 Å². The van der Waals surface area contributed by atoms with Crippen molar-refractivity contribution < 1.29 is 9.18 Å². The first-order valence-corrected chi connectivity index (χ1v) is 10.0. The van der Waals surface area contributed by atoms with Gasteiger partial charge in [0.05, 0.1) is 31.6 Å². The fourth-order valence-corrected chi connectivity index (χ4v) is 4.57. The molecule has 28 heavy (non-hydrogen) atoms. The van der Waals surface area contributed by atoms with Gasteiger partial charge in [-0.25, -0.2) is 14.4 Å². The minimum Gasteiger partial charge on any atom is -0.306 e. The fourth-order valence-electron chi connectivity index (χ4n) is 2.90. The molecular weight excluding hydrogens is 397 g/mol. The van der Waals surface area contributed by atoms with Crippen molar-refractivity contribution in [1.82, 2.24) is 19.7 Å². The molecule has 0 saturated heterocycles. The Morgan fingerprint density at radius 1 is 1.11 bits per heavy atom. The van der Waals surface area contributed by atoms with Crippen molar-refractivity contribution in [3.63, 3.8) is 0 Å². The summed E-state index contributed by atoms with van der Waals surface area (Å²) < 4.78 is 16.7. The first kappa shape index (κ1) is 17.0. The number of benzene rings is 2. The number of rotatable bonds is 3. The van der Waals surface area contributed by atoms with Crippen molar-refractivity contribution in [2.45, 2.75) is 6.92 Å². The van der Waals surface area contributed by atoms with Crippen LogP contribution in [0.3, 0.4) is 0 Å². The van der Waals surface area contributed by atoms with Crippen molar-refractivity contribution in [3.05, 3.63) is 65.0 Å². The van der Waals surface area contributed by atoms with E-state index in [1.54, 1.807) is 28.4 Å². The van der Waals surface area contributed by atoms with Crippen LogP contribution in [-0.2, 0) is 0 Å². The van der Waals surface area contributed by atoms with Gasteiger partial charge in [0.2, 0.25) is 5.13 Å². The zero-order valence-corrected chi connectivity index (χ0v) is 16.1. The van der Waals surface area contributed by atoms with Crippen LogP contribution in [-0.4, -0.2) is 25.7 Å². The van der Waals surface area contributed by atoms with Gasteiger partial charge in [0, 0.05) is 11.6 Å². The van der Waals surface area contributed by atoms with E-state index in [9.17, 15) is 9.18 Å². The molecular formula is C19H12FN5OS2. The van der Waals surface area contributed by atoms with Crippen molar-refractivity contribution >= 4 is 54.8 Å². The molecule has 0 fully saturated rings. The lowest BCUT2D eigenvalue weighted by molar-refractivity contribution is 0.102. The van der Waals surface area contributed by atoms with Gasteiger partial charge >= 0.3 is 0 Å². The van der Waals surface area contributed by atoms with Crippen molar-refractivity contribution in [3.8, 4) is 5.13 Å². The summed E-state index contributed by atoms with van der Waals surface area (Å²) in [5, 5.41) is 7.89. The Kier molecular flexibility index (Phi) is 3.92. The molecule has 0 aliphatic rings. The third-order valence-electron chi connectivity index (χ3n) is 4.19. The first-order chi connectivity index (χ1) is 13.6. The molecule has 0 spiro atoms. The lowest BCUT2D eigenvalue weighted by Gasteiger charge is -2.06. The number of thiazole rings is 2. The number of anilines is 1. The van der Waals surface area contributed by atoms with Gasteiger partial charge in [0.1, 0.15) is 11.6 Å². The van der Waals surface area contributed by atoms with Gasteiger partial charge in [-0.05, 0) is 43.3 Å². The molecule has 0 radical (unpaired) electrons. The average molecular weight is 409 g/mol. The monoisotopic (exact) mass is 409 g/mol. The second-order valence-electron chi connectivity index (χ2n) is 6.18. The van der Waals surface area contributed by atoms with Crippen LogP contribution in [0.2, 0.25) is 0 Å². The van der Waals surface area contributed by atoms with E-state index in [2.05, 4.69) is 20.4 Å². The quantitative estimate of drug-likeness (QED) is 0.465. The smallest absolute Gasteiger partial charge is 0.256 e. The summed E-state index contributed by atoms with van der Waals surface area (Å²) in [6, 6.07) is 11.6. The minimum absolute atomic E-state index is 0.247. The molecule has 3 aromatic heterocycles. The maximum Gasteiger partial charge on any atom is 0.256 e. The standard InChI is InChI=1S/C19H12FN5OS2/c1-10-6-17(23-18(26)11-2-4-13-15(7-11)27-9-21-13)25(24-10)19-22-14-5-3-12(20)8-16(14)28-19/h2-9H,1H3,(H,23,26). The summed E-state index contributed by atoms with van der Waals surface area (Å²) >= 11 is 2.79. The number of aromatic nitrogens is 4. The molecule has 1 amide bonds. The number of nitrogens with zero attached hydrogens (tertiary/aromatic N) is 4. The first-order valence-electron chi connectivity index (χ1n) is 8.34. The summed E-state index contributed by atoms with van der Waals surface area (Å²) in [6.07, 6.45) is 0. The van der Waals surface area contributed by atoms with Crippen LogP contribution in [0, 0.1) is 12.7 Å².